The molecule has 0 saturated heterocycles. The highest BCUT2D eigenvalue weighted by atomic mass is 32.2. The van der Waals surface area contributed by atoms with E-state index < -0.39 is 15.9 Å². The Morgan fingerprint density at radius 2 is 2.06 bits per heavy atom. The van der Waals surface area contributed by atoms with Gasteiger partial charge in [0, 0.05) is 16.4 Å². The molecule has 0 aliphatic heterocycles. The molecule has 16 heavy (non-hydrogen) atoms. The lowest BCUT2D eigenvalue weighted by Crippen LogP contribution is -2.09. The van der Waals surface area contributed by atoms with E-state index >= 15 is 0 Å². The maximum atomic E-state index is 11.5. The van der Waals surface area contributed by atoms with Crippen molar-refractivity contribution in [2.75, 3.05) is 5.32 Å². The second kappa shape index (κ2) is 4.65. The van der Waals surface area contributed by atoms with Crippen molar-refractivity contribution in [3.05, 3.63) is 34.7 Å². The van der Waals surface area contributed by atoms with E-state index in [2.05, 4.69) is 14.7 Å². The highest BCUT2D eigenvalue weighted by Crippen LogP contribution is 2.22. The monoisotopic (exact) mass is 240 g/mol. The Hall–Kier alpha value is -2.05. The molecular weight excluding hydrogens is 232 g/mol. The SMILES string of the molecule is CC(=O)Nc1ccccc1S(=O)(=O)N=[N+]=[N-]. The molecule has 0 spiro atoms. The Bertz CT molecular complexity index is 560. The van der Waals surface area contributed by atoms with Gasteiger partial charge in [-0.15, -0.1) is 0 Å². The number of nitrogens with zero attached hydrogens (tertiary/aromatic N) is 3. The van der Waals surface area contributed by atoms with Crippen molar-refractivity contribution in [3.8, 4) is 0 Å². The zero-order valence-electron chi connectivity index (χ0n) is 8.28. The number of para-hydroxylation sites is 1. The fraction of sp³-hybridized carbons (Fsp3) is 0.125. The summed E-state index contributed by atoms with van der Waals surface area (Å²) >= 11 is 0. The normalized spacial score (nSPS) is 10.3. The molecule has 84 valence electrons. The number of anilines is 1. The Labute approximate surface area is 91.8 Å². The topological polar surface area (TPSA) is 112 Å². The lowest BCUT2D eigenvalue weighted by molar-refractivity contribution is -0.114. The first-order valence-corrected chi connectivity index (χ1v) is 5.59. The number of hydrogen-bond acceptors (Lipinski definition) is 3. The second-order valence-corrected chi connectivity index (χ2v) is 4.38. The molecule has 1 rings (SSSR count). The van der Waals surface area contributed by atoms with Crippen molar-refractivity contribution in [2.45, 2.75) is 11.8 Å². The van der Waals surface area contributed by atoms with Gasteiger partial charge in [0.05, 0.1) is 10.6 Å². The van der Waals surface area contributed by atoms with Crippen LogP contribution in [-0.4, -0.2) is 14.3 Å². The van der Waals surface area contributed by atoms with Gasteiger partial charge < -0.3 is 5.32 Å². The number of benzene rings is 1. The van der Waals surface area contributed by atoms with Crippen LogP contribution < -0.4 is 5.32 Å². The molecule has 0 aromatic heterocycles. The van der Waals surface area contributed by atoms with E-state index in [0.29, 0.717) is 0 Å². The number of nitrogens with one attached hydrogen (secondary N) is 1. The van der Waals surface area contributed by atoms with Gasteiger partial charge in [0.25, 0.3) is 10.0 Å². The zero-order valence-corrected chi connectivity index (χ0v) is 9.10. The molecule has 0 atom stereocenters. The summed E-state index contributed by atoms with van der Waals surface area (Å²) in [6.07, 6.45) is 0. The molecule has 8 heteroatoms. The molecule has 0 saturated carbocycles. The molecule has 0 bridgehead atoms. The van der Waals surface area contributed by atoms with Crippen LogP contribution in [0.5, 0.6) is 0 Å². The highest BCUT2D eigenvalue weighted by molar-refractivity contribution is 7.90. The summed E-state index contributed by atoms with van der Waals surface area (Å²) in [6, 6.07) is 5.67. The van der Waals surface area contributed by atoms with Crippen molar-refractivity contribution >= 4 is 21.6 Å². The fourth-order valence-electron chi connectivity index (χ4n) is 1.08. The van der Waals surface area contributed by atoms with Gasteiger partial charge in [-0.3, -0.25) is 4.79 Å². The van der Waals surface area contributed by atoms with Gasteiger partial charge >= 0.3 is 0 Å². The molecule has 0 aliphatic carbocycles. The molecule has 0 unspecified atom stereocenters. The third-order valence-electron chi connectivity index (χ3n) is 1.62. The summed E-state index contributed by atoms with van der Waals surface area (Å²) in [5.74, 6) is -0.413. The minimum atomic E-state index is -4.09. The Morgan fingerprint density at radius 3 is 2.62 bits per heavy atom. The molecule has 1 aromatic carbocycles. The first-order valence-electron chi connectivity index (χ1n) is 4.15. The third kappa shape index (κ3) is 2.72. The van der Waals surface area contributed by atoms with Crippen molar-refractivity contribution in [1.29, 1.82) is 0 Å². The Kier molecular flexibility index (Phi) is 3.49. The third-order valence-corrected chi connectivity index (χ3v) is 2.82. The van der Waals surface area contributed by atoms with Gasteiger partial charge in [-0.05, 0) is 17.7 Å². The zero-order chi connectivity index (χ0) is 12.2. The van der Waals surface area contributed by atoms with Crippen LogP contribution in [0.2, 0.25) is 0 Å². The lowest BCUT2D eigenvalue weighted by atomic mass is 10.3. The van der Waals surface area contributed by atoms with E-state index in [9.17, 15) is 13.2 Å². The minimum Gasteiger partial charge on any atom is -0.325 e. The molecule has 7 nitrogen and oxygen atoms in total. The van der Waals surface area contributed by atoms with E-state index in [1.807, 2.05) is 0 Å². The summed E-state index contributed by atoms with van der Waals surface area (Å²) < 4.78 is 25.6. The van der Waals surface area contributed by atoms with E-state index in [-0.39, 0.29) is 10.6 Å². The van der Waals surface area contributed by atoms with Crippen LogP contribution in [0, 0.1) is 0 Å². The van der Waals surface area contributed by atoms with Gasteiger partial charge in [0.15, 0.2) is 0 Å². The molecule has 1 amide bonds. The molecule has 1 aromatic rings. The quantitative estimate of drug-likeness (QED) is 0.492. The van der Waals surface area contributed by atoms with Crippen LogP contribution in [-0.2, 0) is 14.8 Å². The van der Waals surface area contributed by atoms with Gasteiger partial charge in [-0.25, -0.2) is 8.42 Å². The average Bonchev–Trinajstić information content (AvgIpc) is 2.17. The van der Waals surface area contributed by atoms with Gasteiger partial charge in [0.2, 0.25) is 5.91 Å². The Morgan fingerprint density at radius 1 is 1.44 bits per heavy atom. The molecule has 0 fully saturated rings. The smallest absolute Gasteiger partial charge is 0.266 e. The molecule has 1 N–H and O–H groups in total. The number of amides is 1. The van der Waals surface area contributed by atoms with E-state index in [0.717, 1.165) is 0 Å². The van der Waals surface area contributed by atoms with Crippen molar-refractivity contribution < 1.29 is 13.2 Å². The van der Waals surface area contributed by atoms with Crippen LogP contribution in [0.15, 0.2) is 33.7 Å². The summed E-state index contributed by atoms with van der Waals surface area (Å²) in [5.41, 5.74) is 8.21. The molecule has 0 aliphatic rings. The maximum absolute atomic E-state index is 11.5. The van der Waals surface area contributed by atoms with E-state index in [1.54, 1.807) is 6.07 Å². The number of sulfonamides is 1. The molecule has 0 heterocycles. The van der Waals surface area contributed by atoms with Gasteiger partial charge in [-0.2, -0.15) is 0 Å². The predicted octanol–water partition coefficient (Wildman–Crippen LogP) is 1.64. The van der Waals surface area contributed by atoms with E-state index in [1.165, 1.54) is 25.1 Å². The summed E-state index contributed by atoms with van der Waals surface area (Å²) in [7, 11) is -4.09. The van der Waals surface area contributed by atoms with Crippen LogP contribution >= 0.6 is 0 Å². The van der Waals surface area contributed by atoms with Crippen LogP contribution in [0.4, 0.5) is 5.69 Å². The highest BCUT2D eigenvalue weighted by Gasteiger charge is 2.16. The van der Waals surface area contributed by atoms with Crippen molar-refractivity contribution in [3.63, 3.8) is 0 Å². The Balaban J connectivity index is 3.34. The molecular formula is C8H8N4O3S. The summed E-state index contributed by atoms with van der Waals surface area (Å²) in [5, 5.41) is 2.34. The largest absolute Gasteiger partial charge is 0.325 e. The van der Waals surface area contributed by atoms with Crippen molar-refractivity contribution in [2.24, 2.45) is 4.52 Å². The van der Waals surface area contributed by atoms with Gasteiger partial charge in [-0.1, -0.05) is 12.1 Å². The van der Waals surface area contributed by atoms with Crippen molar-refractivity contribution in [1.82, 2.24) is 0 Å². The number of carbonyl (C=O) groups is 1. The fourth-order valence-corrected chi connectivity index (χ4v) is 1.91. The molecule has 0 radical (unpaired) electrons. The van der Waals surface area contributed by atoms with Gasteiger partial charge in [0.1, 0.15) is 0 Å². The second-order valence-electron chi connectivity index (χ2n) is 2.82. The number of hydrogen-bond donors (Lipinski definition) is 1. The maximum Gasteiger partial charge on any atom is 0.266 e. The minimum absolute atomic E-state index is 0.0856. The van der Waals surface area contributed by atoms with Crippen LogP contribution in [0.3, 0.4) is 0 Å². The number of rotatable bonds is 3. The summed E-state index contributed by atoms with van der Waals surface area (Å²) in [6.45, 7) is 1.25. The lowest BCUT2D eigenvalue weighted by Gasteiger charge is -2.06. The van der Waals surface area contributed by atoms with E-state index in [4.69, 9.17) is 5.53 Å². The number of carbonyl (C=O) groups excluding carboxylic acids is 1. The standard InChI is InChI=1S/C8H8N4O3S/c1-6(13)10-7-4-2-3-5-8(7)16(14,15)12-11-9/h2-5H,1H3,(H,10,13). The number of azide groups is 1. The van der Waals surface area contributed by atoms with Crippen LogP contribution in [0.25, 0.3) is 10.4 Å². The average molecular weight is 240 g/mol. The first-order chi connectivity index (χ1) is 7.47. The first kappa shape index (κ1) is 12.0. The predicted molar refractivity (Wildman–Crippen MR) is 57.1 cm³/mol. The van der Waals surface area contributed by atoms with Crippen LogP contribution in [0.1, 0.15) is 6.92 Å². The summed E-state index contributed by atoms with van der Waals surface area (Å²) in [4.78, 5) is 12.8.